The maximum Gasteiger partial charge on any atom is 0.258 e. The lowest BCUT2D eigenvalue weighted by Crippen LogP contribution is -2.19. The normalized spacial score (nSPS) is 10.9. The molecule has 4 rings (SSSR count). The molecule has 1 amide bonds. The SMILES string of the molecule is Cc1cccc(-c2nc(-c3cn(CC(=O)Nc4cccc(F)c4)c(C)n3)no2)c1. The summed E-state index contributed by atoms with van der Waals surface area (Å²) < 4.78 is 20.3. The molecule has 0 spiro atoms. The van der Waals surface area contributed by atoms with E-state index in [4.69, 9.17) is 4.52 Å². The summed E-state index contributed by atoms with van der Waals surface area (Å²) in [6.45, 7) is 3.79. The molecule has 0 saturated carbocycles. The molecule has 2 heterocycles. The number of anilines is 1. The second kappa shape index (κ2) is 7.67. The molecule has 146 valence electrons. The fourth-order valence-electron chi connectivity index (χ4n) is 2.92. The van der Waals surface area contributed by atoms with Crippen LogP contribution in [0.3, 0.4) is 0 Å². The van der Waals surface area contributed by atoms with Crippen LogP contribution in [0.15, 0.2) is 59.3 Å². The first-order valence-corrected chi connectivity index (χ1v) is 8.98. The summed E-state index contributed by atoms with van der Waals surface area (Å²) in [7, 11) is 0. The number of rotatable bonds is 5. The number of hydrogen-bond donors (Lipinski definition) is 1. The highest BCUT2D eigenvalue weighted by Gasteiger charge is 2.16. The topological polar surface area (TPSA) is 85.8 Å². The van der Waals surface area contributed by atoms with Crippen LogP contribution in [0.5, 0.6) is 0 Å². The zero-order valence-electron chi connectivity index (χ0n) is 15.9. The van der Waals surface area contributed by atoms with Crippen molar-refractivity contribution in [1.82, 2.24) is 19.7 Å². The molecule has 0 radical (unpaired) electrons. The van der Waals surface area contributed by atoms with E-state index in [0.717, 1.165) is 11.1 Å². The zero-order valence-corrected chi connectivity index (χ0v) is 15.9. The molecule has 0 aliphatic rings. The number of carbonyl (C=O) groups is 1. The third kappa shape index (κ3) is 4.21. The van der Waals surface area contributed by atoms with Crippen LogP contribution in [-0.4, -0.2) is 25.6 Å². The van der Waals surface area contributed by atoms with Crippen LogP contribution in [0.1, 0.15) is 11.4 Å². The first-order valence-electron chi connectivity index (χ1n) is 8.98. The zero-order chi connectivity index (χ0) is 20.4. The van der Waals surface area contributed by atoms with Gasteiger partial charge in [0.15, 0.2) is 0 Å². The number of aryl methyl sites for hydroxylation is 2. The van der Waals surface area contributed by atoms with Crippen LogP contribution in [0.25, 0.3) is 23.0 Å². The molecular weight excluding hydrogens is 373 g/mol. The predicted molar refractivity (Wildman–Crippen MR) is 105 cm³/mol. The summed E-state index contributed by atoms with van der Waals surface area (Å²) in [5, 5.41) is 6.66. The molecule has 0 unspecified atom stereocenters. The maximum absolute atomic E-state index is 13.3. The molecule has 0 aliphatic heterocycles. The number of nitrogens with zero attached hydrogens (tertiary/aromatic N) is 4. The van der Waals surface area contributed by atoms with E-state index >= 15 is 0 Å². The van der Waals surface area contributed by atoms with Gasteiger partial charge in [0.05, 0.1) is 0 Å². The van der Waals surface area contributed by atoms with E-state index < -0.39 is 5.82 Å². The number of imidazole rings is 1. The average Bonchev–Trinajstić information content (AvgIpc) is 3.29. The van der Waals surface area contributed by atoms with Gasteiger partial charge < -0.3 is 14.4 Å². The number of halogens is 1. The van der Waals surface area contributed by atoms with Crippen molar-refractivity contribution >= 4 is 11.6 Å². The Balaban J connectivity index is 1.50. The van der Waals surface area contributed by atoms with Crippen molar-refractivity contribution in [2.45, 2.75) is 20.4 Å². The molecule has 0 fully saturated rings. The first-order chi connectivity index (χ1) is 14.0. The highest BCUT2D eigenvalue weighted by molar-refractivity contribution is 5.90. The van der Waals surface area contributed by atoms with E-state index in [-0.39, 0.29) is 12.5 Å². The number of carbonyl (C=O) groups excluding carboxylic acids is 1. The summed E-state index contributed by atoms with van der Waals surface area (Å²) in [4.78, 5) is 21.1. The number of amides is 1. The Morgan fingerprint density at radius 1 is 1.14 bits per heavy atom. The van der Waals surface area contributed by atoms with Gasteiger partial charge in [-0.1, -0.05) is 28.9 Å². The van der Waals surface area contributed by atoms with Crippen molar-refractivity contribution in [3.8, 4) is 23.0 Å². The summed E-state index contributed by atoms with van der Waals surface area (Å²) >= 11 is 0. The van der Waals surface area contributed by atoms with Gasteiger partial charge in [0.1, 0.15) is 23.9 Å². The first kappa shape index (κ1) is 18.5. The van der Waals surface area contributed by atoms with Gasteiger partial charge in [0.2, 0.25) is 11.7 Å². The third-order valence-corrected chi connectivity index (χ3v) is 4.32. The molecular formula is C21H18FN5O2. The Morgan fingerprint density at radius 2 is 1.97 bits per heavy atom. The summed E-state index contributed by atoms with van der Waals surface area (Å²) in [5.41, 5.74) is 2.82. The molecule has 0 atom stereocenters. The van der Waals surface area contributed by atoms with E-state index in [2.05, 4.69) is 20.4 Å². The summed E-state index contributed by atoms with van der Waals surface area (Å²) in [5.74, 6) is 0.659. The van der Waals surface area contributed by atoms with Crippen LogP contribution < -0.4 is 5.32 Å². The lowest BCUT2D eigenvalue weighted by atomic mass is 10.1. The number of nitrogens with one attached hydrogen (secondary N) is 1. The minimum Gasteiger partial charge on any atom is -0.334 e. The number of hydrogen-bond acceptors (Lipinski definition) is 5. The van der Waals surface area contributed by atoms with Crippen LogP contribution >= 0.6 is 0 Å². The van der Waals surface area contributed by atoms with Gasteiger partial charge in [0, 0.05) is 17.4 Å². The maximum atomic E-state index is 13.3. The van der Waals surface area contributed by atoms with Crippen LogP contribution in [-0.2, 0) is 11.3 Å². The molecule has 29 heavy (non-hydrogen) atoms. The quantitative estimate of drug-likeness (QED) is 0.556. The Hall–Kier alpha value is -3.81. The molecule has 2 aromatic heterocycles. The van der Waals surface area contributed by atoms with Gasteiger partial charge in [-0.25, -0.2) is 9.37 Å². The highest BCUT2D eigenvalue weighted by atomic mass is 19.1. The lowest BCUT2D eigenvalue weighted by Gasteiger charge is -2.07. The van der Waals surface area contributed by atoms with Gasteiger partial charge in [-0.2, -0.15) is 4.98 Å². The number of benzene rings is 2. The monoisotopic (exact) mass is 391 g/mol. The average molecular weight is 391 g/mol. The second-order valence-corrected chi connectivity index (χ2v) is 6.65. The minimum absolute atomic E-state index is 0.0257. The Bertz CT molecular complexity index is 1180. The summed E-state index contributed by atoms with van der Waals surface area (Å²) in [6, 6.07) is 13.5. The summed E-state index contributed by atoms with van der Waals surface area (Å²) in [6.07, 6.45) is 1.69. The van der Waals surface area contributed by atoms with Crippen LogP contribution in [0, 0.1) is 19.7 Å². The van der Waals surface area contributed by atoms with Crippen molar-refractivity contribution in [2.75, 3.05) is 5.32 Å². The molecule has 2 aromatic carbocycles. The van der Waals surface area contributed by atoms with E-state index in [9.17, 15) is 9.18 Å². The number of aromatic nitrogens is 4. The van der Waals surface area contributed by atoms with Gasteiger partial charge in [-0.05, 0) is 44.2 Å². The Morgan fingerprint density at radius 3 is 2.76 bits per heavy atom. The Kier molecular flexibility index (Phi) is 4.90. The van der Waals surface area contributed by atoms with Gasteiger partial charge in [-0.15, -0.1) is 0 Å². The molecule has 7 nitrogen and oxygen atoms in total. The third-order valence-electron chi connectivity index (χ3n) is 4.32. The van der Waals surface area contributed by atoms with Gasteiger partial charge in [-0.3, -0.25) is 4.79 Å². The predicted octanol–water partition coefficient (Wildman–Crippen LogP) is 3.99. The molecule has 0 bridgehead atoms. The largest absolute Gasteiger partial charge is 0.334 e. The van der Waals surface area contributed by atoms with Gasteiger partial charge >= 0.3 is 0 Å². The second-order valence-electron chi connectivity index (χ2n) is 6.65. The van der Waals surface area contributed by atoms with E-state index in [1.54, 1.807) is 23.8 Å². The fraction of sp³-hybridized carbons (Fsp3) is 0.143. The molecule has 8 heteroatoms. The van der Waals surface area contributed by atoms with E-state index in [1.165, 1.54) is 18.2 Å². The van der Waals surface area contributed by atoms with Crippen molar-refractivity contribution in [3.05, 3.63) is 71.9 Å². The molecule has 0 saturated heterocycles. The van der Waals surface area contributed by atoms with Crippen molar-refractivity contribution < 1.29 is 13.7 Å². The highest BCUT2D eigenvalue weighted by Crippen LogP contribution is 2.22. The molecule has 1 N–H and O–H groups in total. The van der Waals surface area contributed by atoms with E-state index in [1.807, 2.05) is 31.2 Å². The van der Waals surface area contributed by atoms with E-state index in [0.29, 0.717) is 28.9 Å². The van der Waals surface area contributed by atoms with Crippen molar-refractivity contribution in [1.29, 1.82) is 0 Å². The van der Waals surface area contributed by atoms with Crippen LogP contribution in [0.2, 0.25) is 0 Å². The van der Waals surface area contributed by atoms with Crippen LogP contribution in [0.4, 0.5) is 10.1 Å². The van der Waals surface area contributed by atoms with Gasteiger partial charge in [0.25, 0.3) is 5.89 Å². The van der Waals surface area contributed by atoms with Crippen molar-refractivity contribution in [2.24, 2.45) is 0 Å². The van der Waals surface area contributed by atoms with Crippen molar-refractivity contribution in [3.63, 3.8) is 0 Å². The fourth-order valence-corrected chi connectivity index (χ4v) is 2.92. The lowest BCUT2D eigenvalue weighted by molar-refractivity contribution is -0.116. The molecule has 4 aromatic rings. The smallest absolute Gasteiger partial charge is 0.258 e. The minimum atomic E-state index is -0.412. The molecule has 0 aliphatic carbocycles. The Labute approximate surface area is 166 Å². The standard InChI is InChI=1S/C21H18FN5O2/c1-13-5-3-6-15(9-13)21-25-20(26-29-21)18-11-27(14(2)23-18)12-19(28)24-17-8-4-7-16(22)10-17/h3-11H,12H2,1-2H3,(H,24,28).